The Hall–Kier alpha value is -1.86. The summed E-state index contributed by atoms with van der Waals surface area (Å²) in [6, 6.07) is 0.638. The van der Waals surface area contributed by atoms with Crippen LogP contribution in [-0.4, -0.2) is 12.5 Å². The van der Waals surface area contributed by atoms with E-state index in [1.165, 1.54) is 6.42 Å². The van der Waals surface area contributed by atoms with Crippen LogP contribution in [-0.2, 0) is 12.7 Å². The van der Waals surface area contributed by atoms with Crippen molar-refractivity contribution in [3.8, 4) is 0 Å². The first kappa shape index (κ1) is 16.5. The Morgan fingerprint density at radius 2 is 1.91 bits per heavy atom. The van der Waals surface area contributed by atoms with E-state index in [0.717, 1.165) is 12.8 Å². The van der Waals surface area contributed by atoms with Crippen LogP contribution in [0.3, 0.4) is 0 Å². The van der Waals surface area contributed by atoms with Gasteiger partial charge in [0.1, 0.15) is 11.6 Å². The number of nitrogens with two attached hydrogens (primary N) is 1. The van der Waals surface area contributed by atoms with Crippen LogP contribution in [0.15, 0.2) is 17.1 Å². The third-order valence-electron chi connectivity index (χ3n) is 3.66. The summed E-state index contributed by atoms with van der Waals surface area (Å²) in [6.07, 6.45) is -1.53. The van der Waals surface area contributed by atoms with Crippen molar-refractivity contribution in [2.24, 2.45) is 16.6 Å². The topological polar surface area (TPSA) is 50.4 Å². The highest BCUT2D eigenvalue weighted by molar-refractivity contribution is 5.77. The molecule has 0 saturated heterocycles. The molecule has 0 atom stereocenters. The zero-order valence-electron chi connectivity index (χ0n) is 11.7. The van der Waals surface area contributed by atoms with Crippen LogP contribution in [0.1, 0.15) is 30.4 Å². The highest BCUT2D eigenvalue weighted by atomic mass is 19.4. The fraction of sp³-hybridized carbons (Fsp3) is 0.500. The monoisotopic (exact) mass is 321 g/mol. The van der Waals surface area contributed by atoms with Crippen LogP contribution >= 0.6 is 0 Å². The average Bonchev–Trinajstić information content (AvgIpc) is 2.36. The number of aliphatic imine (C=N–C) groups is 1. The standard InChI is InChI=1S/C14H16F5N3/c15-11-5-10(14(17,18)19)12(16)4-9(11)7-22-13(20)21-6-8-2-1-3-8/h4-5,8H,1-3,6-7H2,(H3,20,21,22). The van der Waals surface area contributed by atoms with Gasteiger partial charge in [0.25, 0.3) is 0 Å². The zero-order chi connectivity index (χ0) is 16.3. The van der Waals surface area contributed by atoms with Gasteiger partial charge in [-0.2, -0.15) is 13.2 Å². The van der Waals surface area contributed by atoms with Crippen LogP contribution < -0.4 is 11.1 Å². The second-order valence-electron chi connectivity index (χ2n) is 5.30. The highest BCUT2D eigenvalue weighted by Gasteiger charge is 2.35. The quantitative estimate of drug-likeness (QED) is 0.508. The lowest BCUT2D eigenvalue weighted by Gasteiger charge is -2.25. The van der Waals surface area contributed by atoms with Gasteiger partial charge < -0.3 is 11.1 Å². The minimum atomic E-state index is -4.93. The van der Waals surface area contributed by atoms with E-state index in [9.17, 15) is 22.0 Å². The third-order valence-corrected chi connectivity index (χ3v) is 3.66. The lowest BCUT2D eigenvalue weighted by Crippen LogP contribution is -2.37. The molecule has 2 rings (SSSR count). The Kier molecular flexibility index (Phi) is 4.87. The van der Waals surface area contributed by atoms with Crippen LogP contribution in [0, 0.1) is 17.6 Å². The molecule has 0 aromatic heterocycles. The van der Waals surface area contributed by atoms with Gasteiger partial charge in [-0.25, -0.2) is 13.8 Å². The normalized spacial score (nSPS) is 16.5. The molecule has 122 valence electrons. The number of nitrogens with one attached hydrogen (secondary N) is 1. The summed E-state index contributed by atoms with van der Waals surface area (Å²) in [7, 11) is 0. The number of hydrogen-bond acceptors (Lipinski definition) is 1. The van der Waals surface area contributed by atoms with Gasteiger partial charge in [0.15, 0.2) is 5.96 Å². The van der Waals surface area contributed by atoms with E-state index in [1.807, 2.05) is 0 Å². The Balaban J connectivity index is 2.01. The van der Waals surface area contributed by atoms with E-state index in [-0.39, 0.29) is 24.1 Å². The lowest BCUT2D eigenvalue weighted by molar-refractivity contribution is -0.140. The maximum absolute atomic E-state index is 13.6. The molecule has 0 radical (unpaired) electrons. The Labute approximate surface area is 124 Å². The minimum Gasteiger partial charge on any atom is -0.370 e. The summed E-state index contributed by atoms with van der Waals surface area (Å²) >= 11 is 0. The molecule has 0 bridgehead atoms. The highest BCUT2D eigenvalue weighted by Crippen LogP contribution is 2.32. The fourth-order valence-corrected chi connectivity index (χ4v) is 2.10. The maximum Gasteiger partial charge on any atom is 0.419 e. The van der Waals surface area contributed by atoms with E-state index < -0.39 is 23.4 Å². The number of nitrogens with zero attached hydrogens (tertiary/aromatic N) is 1. The van der Waals surface area contributed by atoms with Crippen molar-refractivity contribution in [1.82, 2.24) is 5.32 Å². The second-order valence-corrected chi connectivity index (χ2v) is 5.30. The molecule has 1 aliphatic rings. The number of benzene rings is 1. The van der Waals surface area contributed by atoms with Crippen molar-refractivity contribution in [3.05, 3.63) is 34.9 Å². The molecule has 1 aliphatic carbocycles. The van der Waals surface area contributed by atoms with E-state index in [1.54, 1.807) is 0 Å². The Bertz CT molecular complexity index is 564. The fourth-order valence-electron chi connectivity index (χ4n) is 2.10. The van der Waals surface area contributed by atoms with E-state index in [0.29, 0.717) is 18.5 Å². The first-order chi connectivity index (χ1) is 10.3. The van der Waals surface area contributed by atoms with E-state index in [4.69, 9.17) is 5.73 Å². The molecule has 0 aliphatic heterocycles. The number of hydrogen-bond donors (Lipinski definition) is 2. The third kappa shape index (κ3) is 4.08. The SMILES string of the molecule is NC(=NCc1cc(F)c(C(F)(F)F)cc1F)NCC1CCC1. The maximum atomic E-state index is 13.6. The van der Waals surface area contributed by atoms with Gasteiger partial charge in [0, 0.05) is 12.1 Å². The summed E-state index contributed by atoms with van der Waals surface area (Å²) in [5, 5.41) is 2.86. The van der Waals surface area contributed by atoms with Gasteiger partial charge in [-0.15, -0.1) is 0 Å². The molecule has 1 aromatic carbocycles. The van der Waals surface area contributed by atoms with Crippen LogP contribution in [0.2, 0.25) is 0 Å². The van der Waals surface area contributed by atoms with Gasteiger partial charge in [0.05, 0.1) is 12.1 Å². The number of rotatable bonds is 4. The molecule has 0 unspecified atom stereocenters. The van der Waals surface area contributed by atoms with Crippen molar-refractivity contribution >= 4 is 5.96 Å². The largest absolute Gasteiger partial charge is 0.419 e. The van der Waals surface area contributed by atoms with Crippen LogP contribution in [0.4, 0.5) is 22.0 Å². The van der Waals surface area contributed by atoms with Crippen LogP contribution in [0.25, 0.3) is 0 Å². The summed E-state index contributed by atoms with van der Waals surface area (Å²) < 4.78 is 64.2. The minimum absolute atomic E-state index is 0.0617. The molecule has 22 heavy (non-hydrogen) atoms. The first-order valence-electron chi connectivity index (χ1n) is 6.86. The summed E-state index contributed by atoms with van der Waals surface area (Å²) in [6.45, 7) is 0.323. The summed E-state index contributed by atoms with van der Waals surface area (Å²) in [5.41, 5.74) is 3.67. The van der Waals surface area contributed by atoms with Crippen molar-refractivity contribution in [1.29, 1.82) is 0 Å². The smallest absolute Gasteiger partial charge is 0.370 e. The Morgan fingerprint density at radius 3 is 2.45 bits per heavy atom. The average molecular weight is 321 g/mol. The summed E-state index contributed by atoms with van der Waals surface area (Å²) in [4.78, 5) is 3.81. The van der Waals surface area contributed by atoms with Crippen molar-refractivity contribution in [2.75, 3.05) is 6.54 Å². The summed E-state index contributed by atoms with van der Waals surface area (Å²) in [5.74, 6) is -2.09. The lowest BCUT2D eigenvalue weighted by atomic mass is 9.85. The van der Waals surface area contributed by atoms with Crippen molar-refractivity contribution < 1.29 is 22.0 Å². The molecule has 8 heteroatoms. The predicted octanol–water partition coefficient (Wildman–Crippen LogP) is 3.19. The molecular formula is C14H16F5N3. The Morgan fingerprint density at radius 1 is 1.23 bits per heavy atom. The van der Waals surface area contributed by atoms with Gasteiger partial charge in [-0.1, -0.05) is 6.42 Å². The molecule has 1 aromatic rings. The molecule has 3 nitrogen and oxygen atoms in total. The van der Waals surface area contributed by atoms with Gasteiger partial charge in [0.2, 0.25) is 0 Å². The number of guanidine groups is 1. The van der Waals surface area contributed by atoms with E-state index >= 15 is 0 Å². The number of halogens is 5. The molecule has 3 N–H and O–H groups in total. The van der Waals surface area contributed by atoms with Gasteiger partial charge in [-0.05, 0) is 30.9 Å². The van der Waals surface area contributed by atoms with Gasteiger partial charge >= 0.3 is 6.18 Å². The molecule has 0 heterocycles. The number of alkyl halides is 3. The molecule has 0 amide bonds. The predicted molar refractivity (Wildman–Crippen MR) is 72.0 cm³/mol. The first-order valence-corrected chi connectivity index (χ1v) is 6.86. The zero-order valence-corrected chi connectivity index (χ0v) is 11.7. The molecule has 1 saturated carbocycles. The molecule has 1 fully saturated rings. The molecular weight excluding hydrogens is 305 g/mol. The van der Waals surface area contributed by atoms with E-state index in [2.05, 4.69) is 10.3 Å². The van der Waals surface area contributed by atoms with Crippen LogP contribution in [0.5, 0.6) is 0 Å². The van der Waals surface area contributed by atoms with Crippen molar-refractivity contribution in [2.45, 2.75) is 32.0 Å². The van der Waals surface area contributed by atoms with Gasteiger partial charge in [-0.3, -0.25) is 0 Å². The second kappa shape index (κ2) is 6.50. The van der Waals surface area contributed by atoms with Crippen molar-refractivity contribution in [3.63, 3.8) is 0 Å². The molecule has 0 spiro atoms.